The summed E-state index contributed by atoms with van der Waals surface area (Å²) in [5.74, 6) is -0.922. The summed E-state index contributed by atoms with van der Waals surface area (Å²) in [6.45, 7) is 8.70. The van der Waals surface area contributed by atoms with Crippen LogP contribution in [-0.4, -0.2) is 69.9 Å². The van der Waals surface area contributed by atoms with Gasteiger partial charge in [-0.15, -0.1) is 0 Å². The van der Waals surface area contributed by atoms with E-state index in [0.717, 1.165) is 73.9 Å². The van der Waals surface area contributed by atoms with Gasteiger partial charge in [0.25, 0.3) is 0 Å². The van der Waals surface area contributed by atoms with E-state index < -0.39 is 21.4 Å². The van der Waals surface area contributed by atoms with Crippen molar-refractivity contribution in [1.82, 2.24) is 9.97 Å². The first kappa shape index (κ1) is 50.5. The number of benzene rings is 6. The fraction of sp³-hybridized carbons (Fsp3) is 0.208. The minimum atomic E-state index is -5.84. The first-order valence-electron chi connectivity index (χ1n) is 22.5. The second kappa shape index (κ2) is 20.5. The second-order valence-corrected chi connectivity index (χ2v) is 19.7. The third-order valence-corrected chi connectivity index (χ3v) is 13.3. The van der Waals surface area contributed by atoms with Gasteiger partial charge in [-0.2, -0.15) is 21.6 Å². The highest BCUT2D eigenvalue weighted by Gasteiger charge is 2.48. The van der Waals surface area contributed by atoms with Crippen molar-refractivity contribution in [3.63, 3.8) is 0 Å². The zero-order chi connectivity index (χ0) is 50.9. The number of hydrogen-bond acceptors (Lipinski definition) is 11. The van der Waals surface area contributed by atoms with E-state index in [1.807, 2.05) is 66.7 Å². The summed E-state index contributed by atoms with van der Waals surface area (Å²) in [5.41, 5.74) is 3.97. The van der Waals surface area contributed by atoms with Crippen LogP contribution in [0.2, 0.25) is 30.0 Å². The Balaban J connectivity index is 0.000000160. The van der Waals surface area contributed by atoms with Crippen molar-refractivity contribution in [2.24, 2.45) is 0 Å². The van der Waals surface area contributed by atoms with Crippen LogP contribution in [0, 0.1) is 0 Å². The van der Waals surface area contributed by atoms with Gasteiger partial charge < -0.3 is 23.5 Å². The summed E-state index contributed by atoms with van der Waals surface area (Å²) in [5, 5.41) is 6.03. The molecule has 18 heteroatoms. The van der Waals surface area contributed by atoms with Crippen molar-refractivity contribution in [3.05, 3.63) is 131 Å². The third kappa shape index (κ3) is 10.6. The van der Waals surface area contributed by atoms with Crippen LogP contribution in [-0.2, 0) is 29.2 Å². The largest absolute Gasteiger partial charge is 0.534 e. The molecular weight excluding hydrogens is 975 g/mol. The van der Waals surface area contributed by atoms with Crippen LogP contribution in [0.15, 0.2) is 115 Å². The zero-order valence-electron chi connectivity index (χ0n) is 39.4. The molecule has 0 amide bonds. The van der Waals surface area contributed by atoms with Crippen molar-refractivity contribution in [2.75, 3.05) is 37.1 Å². The lowest BCUT2D eigenvalue weighted by atomic mass is 9.52. The normalized spacial score (nSPS) is 12.5. The highest BCUT2D eigenvalue weighted by Crippen LogP contribution is 2.51. The number of anilines is 4. The molecule has 0 fully saturated rings. The molecule has 6 aromatic carbocycles. The molecule has 0 N–H and O–H groups in total. The van der Waals surface area contributed by atoms with E-state index in [2.05, 4.69) is 54.0 Å². The van der Waals surface area contributed by atoms with E-state index in [4.69, 9.17) is 42.6 Å². The lowest BCUT2D eigenvalue weighted by molar-refractivity contribution is -0.141. The topological polar surface area (TPSA) is 128 Å². The maximum absolute atomic E-state index is 12.9. The number of carbonyl (C=O) groups excluding carboxylic acids is 2. The number of rotatable bonds is 9. The standard InChI is InChI=1S/C25H19ClN2O2.C21H12ClF3N2O3S.C7H15BO2/c1-15(29)30-11-5-6-16-12-20-19-14-17(26)9-10-21(19)27-25-18-7-3-4-8-22(18)28(2)23(13-16)24(20)25;1-27-17-5-3-2-4-13(17)20-19-15(14-8-11(22)6-7-16(14)26-20)9-12(10-18(19)27)30-31(28,29)21(23,24)25;1-7(9)10-6-4-5-8(2)3/h3-10,12-14H,11H2,1-2H3;2-10H,1H3;4-6H2,1-3H3/b6-5+;;. The number of ether oxygens (including phenoxy) is 2. The molecule has 0 saturated carbocycles. The number of carbonyl (C=O) groups is 2. The van der Waals surface area contributed by atoms with Crippen molar-refractivity contribution < 1.29 is 44.8 Å². The number of esters is 2. The van der Waals surface area contributed by atoms with Gasteiger partial charge in [0.2, 0.25) is 0 Å². The Morgan fingerprint density at radius 2 is 1.18 bits per heavy atom. The van der Waals surface area contributed by atoms with Crippen LogP contribution in [0.1, 0.15) is 25.8 Å². The van der Waals surface area contributed by atoms with Crippen LogP contribution in [0.25, 0.3) is 71.9 Å². The number of aromatic nitrogens is 2. The number of nitrogens with zero attached hydrogens (tertiary/aromatic N) is 4. The van der Waals surface area contributed by atoms with E-state index >= 15 is 0 Å². The Kier molecular flexibility index (Phi) is 14.6. The number of pyridine rings is 2. The van der Waals surface area contributed by atoms with Crippen molar-refractivity contribution >= 4 is 124 Å². The molecule has 4 heterocycles. The molecule has 0 atom stereocenters. The molecular formula is C53H46BCl2F3N4O7S. The van der Waals surface area contributed by atoms with Crippen molar-refractivity contribution in [2.45, 2.75) is 45.7 Å². The maximum atomic E-state index is 12.9. The van der Waals surface area contributed by atoms with Gasteiger partial charge in [0, 0.05) is 76.7 Å². The van der Waals surface area contributed by atoms with Gasteiger partial charge in [-0.1, -0.05) is 85.6 Å². The highest BCUT2D eigenvalue weighted by atomic mass is 35.5. The summed E-state index contributed by atoms with van der Waals surface area (Å²) in [6, 6.07) is 33.4. The summed E-state index contributed by atoms with van der Waals surface area (Å²) in [4.78, 5) is 35.0. The number of alkyl halides is 3. The molecule has 8 aromatic rings. The molecule has 0 radical (unpaired) electrons. The molecule has 0 aliphatic carbocycles. The SMILES string of the molecule is CB(C)CCCOC(C)=O.CC(=O)OC/C=C/c1cc2c3c(nc4ccc(Cl)cc4c3c1)-c1ccccc1N2C.CN1c2ccccc2-c2nc3ccc(Cl)cc3c3cc(OS(=O)(=O)C(F)(F)F)cc1c23. The van der Waals surface area contributed by atoms with Gasteiger partial charge >= 0.3 is 27.6 Å². The van der Waals surface area contributed by atoms with Crippen LogP contribution >= 0.6 is 23.2 Å². The van der Waals surface area contributed by atoms with Gasteiger partial charge in [-0.3, -0.25) is 9.59 Å². The second-order valence-electron chi connectivity index (χ2n) is 17.3. The number of para-hydroxylation sites is 2. The van der Waals surface area contributed by atoms with E-state index in [1.54, 1.807) is 30.1 Å². The van der Waals surface area contributed by atoms with Crippen molar-refractivity contribution in [1.29, 1.82) is 0 Å². The Morgan fingerprint density at radius 1 is 0.676 bits per heavy atom. The fourth-order valence-electron chi connectivity index (χ4n) is 8.65. The van der Waals surface area contributed by atoms with E-state index in [0.29, 0.717) is 56.4 Å². The monoisotopic (exact) mass is 1020 g/mol. The fourth-order valence-corrected chi connectivity index (χ4v) is 9.44. The Hall–Kier alpha value is -6.88. The predicted molar refractivity (Wildman–Crippen MR) is 280 cm³/mol. The van der Waals surface area contributed by atoms with Gasteiger partial charge in [-0.25, -0.2) is 9.97 Å². The lowest BCUT2D eigenvalue weighted by Gasteiger charge is -2.30. The minimum absolute atomic E-state index is 0.177. The Labute approximate surface area is 418 Å². The summed E-state index contributed by atoms with van der Waals surface area (Å²) in [6.07, 6.45) is 5.94. The molecule has 71 heavy (non-hydrogen) atoms. The number of hydrogen-bond donors (Lipinski definition) is 0. The van der Waals surface area contributed by atoms with E-state index in [9.17, 15) is 31.2 Å². The minimum Gasteiger partial charge on any atom is -0.466 e. The number of halogens is 5. The summed E-state index contributed by atoms with van der Waals surface area (Å²) >= 11 is 12.5. The van der Waals surface area contributed by atoms with E-state index in [-0.39, 0.29) is 18.5 Å². The third-order valence-electron chi connectivity index (χ3n) is 11.8. The molecule has 0 unspecified atom stereocenters. The quantitative estimate of drug-likeness (QED) is 0.0342. The Bertz CT molecular complexity index is 3560. The van der Waals surface area contributed by atoms with Gasteiger partial charge in [0.15, 0.2) is 0 Å². The van der Waals surface area contributed by atoms with Crippen LogP contribution in [0.4, 0.5) is 35.9 Å². The highest BCUT2D eigenvalue weighted by molar-refractivity contribution is 7.88. The smallest absolute Gasteiger partial charge is 0.466 e. The molecule has 2 aliphatic heterocycles. The molecule has 10 rings (SSSR count). The van der Waals surface area contributed by atoms with Gasteiger partial charge in [0.1, 0.15) is 19.1 Å². The molecule has 0 saturated heterocycles. The molecule has 0 spiro atoms. The lowest BCUT2D eigenvalue weighted by Crippen LogP contribution is -2.28. The summed E-state index contributed by atoms with van der Waals surface area (Å²) in [7, 11) is -2.02. The summed E-state index contributed by atoms with van der Waals surface area (Å²) < 4.78 is 76.3. The predicted octanol–water partition coefficient (Wildman–Crippen LogP) is 14.1. The first-order chi connectivity index (χ1) is 33.7. The average Bonchev–Trinajstić information content (AvgIpc) is 3.32. The molecule has 0 bridgehead atoms. The maximum Gasteiger partial charge on any atom is 0.534 e. The zero-order valence-corrected chi connectivity index (χ0v) is 41.7. The van der Waals surface area contributed by atoms with E-state index in [1.165, 1.54) is 26.0 Å². The molecule has 2 aromatic heterocycles. The Morgan fingerprint density at radius 3 is 1.69 bits per heavy atom. The van der Waals surface area contributed by atoms with Gasteiger partial charge in [0.05, 0.1) is 51.8 Å². The van der Waals surface area contributed by atoms with Crippen LogP contribution < -0.4 is 14.0 Å². The van der Waals surface area contributed by atoms with Crippen molar-refractivity contribution in [3.8, 4) is 28.3 Å². The van der Waals surface area contributed by atoms with Gasteiger partial charge in [-0.05, 0) is 95.6 Å². The average molecular weight is 1020 g/mol. The molecule has 2 aliphatic rings. The number of fused-ring (bicyclic) bond motifs is 8. The van der Waals surface area contributed by atoms with Crippen LogP contribution in [0.5, 0.6) is 5.75 Å². The van der Waals surface area contributed by atoms with Crippen LogP contribution in [0.3, 0.4) is 0 Å². The molecule has 11 nitrogen and oxygen atoms in total. The first-order valence-corrected chi connectivity index (χ1v) is 24.6. The molecule has 364 valence electrons.